The van der Waals surface area contributed by atoms with Gasteiger partial charge in [-0.15, -0.1) is 0 Å². The van der Waals surface area contributed by atoms with Gasteiger partial charge in [0.25, 0.3) is 0 Å². The Balaban J connectivity index is 2.59. The van der Waals surface area contributed by atoms with Gasteiger partial charge in [-0.1, -0.05) is 6.07 Å². The molecular formula is C13H7F2NO2S. The van der Waals surface area contributed by atoms with Crippen molar-refractivity contribution in [2.45, 2.75) is 9.79 Å². The number of halogens is 2. The van der Waals surface area contributed by atoms with Crippen LogP contribution in [0.5, 0.6) is 0 Å². The first-order chi connectivity index (χ1) is 8.95. The number of rotatable bonds is 2. The third kappa shape index (κ3) is 2.46. The van der Waals surface area contributed by atoms with E-state index in [4.69, 9.17) is 5.26 Å². The van der Waals surface area contributed by atoms with Crippen LogP contribution in [0.25, 0.3) is 0 Å². The van der Waals surface area contributed by atoms with E-state index in [1.807, 2.05) is 6.07 Å². The monoisotopic (exact) mass is 279 g/mol. The molecule has 19 heavy (non-hydrogen) atoms. The summed E-state index contributed by atoms with van der Waals surface area (Å²) >= 11 is 0. The molecule has 0 aliphatic rings. The molecule has 0 atom stereocenters. The van der Waals surface area contributed by atoms with Gasteiger partial charge in [-0.2, -0.15) is 5.26 Å². The molecule has 0 aromatic heterocycles. The lowest BCUT2D eigenvalue weighted by atomic mass is 10.2. The zero-order valence-corrected chi connectivity index (χ0v) is 10.3. The van der Waals surface area contributed by atoms with E-state index in [0.29, 0.717) is 6.07 Å². The number of hydrogen-bond acceptors (Lipinski definition) is 3. The summed E-state index contributed by atoms with van der Waals surface area (Å²) in [6.45, 7) is 0. The molecule has 0 fully saturated rings. The van der Waals surface area contributed by atoms with Gasteiger partial charge in [0.2, 0.25) is 9.84 Å². The molecule has 0 heterocycles. The van der Waals surface area contributed by atoms with E-state index in [0.717, 1.165) is 12.1 Å². The van der Waals surface area contributed by atoms with Crippen molar-refractivity contribution in [3.63, 3.8) is 0 Å². The summed E-state index contributed by atoms with van der Waals surface area (Å²) in [5, 5.41) is 8.72. The van der Waals surface area contributed by atoms with Gasteiger partial charge in [-0.3, -0.25) is 0 Å². The van der Waals surface area contributed by atoms with Crippen LogP contribution in [-0.4, -0.2) is 8.42 Å². The van der Waals surface area contributed by atoms with Gasteiger partial charge in [-0.25, -0.2) is 17.2 Å². The summed E-state index contributed by atoms with van der Waals surface area (Å²) in [4.78, 5) is -0.501. The number of nitriles is 1. The average Bonchev–Trinajstić information content (AvgIpc) is 2.41. The maximum absolute atomic E-state index is 13.1. The maximum Gasteiger partial charge on any atom is 0.206 e. The summed E-state index contributed by atoms with van der Waals surface area (Å²) in [5.74, 6) is -2.36. The van der Waals surface area contributed by atoms with Crippen molar-refractivity contribution < 1.29 is 17.2 Å². The topological polar surface area (TPSA) is 57.9 Å². The summed E-state index contributed by atoms with van der Waals surface area (Å²) in [5.41, 5.74) is 0.170. The lowest BCUT2D eigenvalue weighted by molar-refractivity contribution is 0.504. The van der Waals surface area contributed by atoms with E-state index >= 15 is 0 Å². The number of hydrogen-bond donors (Lipinski definition) is 0. The highest BCUT2D eigenvalue weighted by Gasteiger charge is 2.19. The van der Waals surface area contributed by atoms with Crippen LogP contribution in [0.15, 0.2) is 52.3 Å². The first-order valence-corrected chi connectivity index (χ1v) is 6.64. The molecule has 0 aliphatic heterocycles. The Morgan fingerprint density at radius 3 is 2.26 bits per heavy atom. The van der Waals surface area contributed by atoms with Gasteiger partial charge in [0, 0.05) is 0 Å². The Morgan fingerprint density at radius 1 is 0.947 bits per heavy atom. The Labute approximate surface area is 108 Å². The predicted octanol–water partition coefficient (Wildman–Crippen LogP) is 2.67. The Morgan fingerprint density at radius 2 is 1.63 bits per heavy atom. The SMILES string of the molecule is N#Cc1cccc(S(=O)(=O)c2ccc(F)c(F)c2)c1. The zero-order valence-electron chi connectivity index (χ0n) is 9.47. The van der Waals surface area contributed by atoms with Crippen LogP contribution < -0.4 is 0 Å². The van der Waals surface area contributed by atoms with E-state index in [-0.39, 0.29) is 15.4 Å². The smallest absolute Gasteiger partial charge is 0.206 e. The van der Waals surface area contributed by atoms with Crippen molar-refractivity contribution >= 4 is 9.84 Å². The van der Waals surface area contributed by atoms with Crippen LogP contribution in [0.2, 0.25) is 0 Å². The molecule has 6 heteroatoms. The van der Waals surface area contributed by atoms with E-state index < -0.39 is 21.5 Å². The van der Waals surface area contributed by atoms with Crippen molar-refractivity contribution in [2.75, 3.05) is 0 Å². The Bertz CT molecular complexity index is 779. The van der Waals surface area contributed by atoms with Gasteiger partial charge < -0.3 is 0 Å². The second-order valence-electron chi connectivity index (χ2n) is 3.72. The van der Waals surface area contributed by atoms with Crippen LogP contribution >= 0.6 is 0 Å². The lowest BCUT2D eigenvalue weighted by Crippen LogP contribution is -2.03. The standard InChI is InChI=1S/C13H7F2NO2S/c14-12-5-4-11(7-13(12)15)19(17,18)10-3-1-2-9(6-10)8-16/h1-7H. The summed E-state index contributed by atoms with van der Waals surface area (Å²) in [6, 6.07) is 9.48. The third-order valence-corrected chi connectivity index (χ3v) is 4.22. The summed E-state index contributed by atoms with van der Waals surface area (Å²) in [7, 11) is -3.97. The van der Waals surface area contributed by atoms with E-state index in [9.17, 15) is 17.2 Å². The second-order valence-corrected chi connectivity index (χ2v) is 5.67. The van der Waals surface area contributed by atoms with Crippen LogP contribution in [0.1, 0.15) is 5.56 Å². The molecule has 0 N–H and O–H groups in total. The fraction of sp³-hybridized carbons (Fsp3) is 0. The maximum atomic E-state index is 13.1. The quantitative estimate of drug-likeness (QED) is 0.794. The van der Waals surface area contributed by atoms with Crippen LogP contribution in [0, 0.1) is 23.0 Å². The largest absolute Gasteiger partial charge is 0.219 e. The molecule has 2 rings (SSSR count). The molecule has 0 unspecified atom stereocenters. The molecule has 0 saturated carbocycles. The van der Waals surface area contributed by atoms with Gasteiger partial charge >= 0.3 is 0 Å². The average molecular weight is 279 g/mol. The second kappa shape index (κ2) is 4.78. The first kappa shape index (κ1) is 13.2. The van der Waals surface area contributed by atoms with Crippen molar-refractivity contribution in [1.29, 1.82) is 5.26 Å². The van der Waals surface area contributed by atoms with Gasteiger partial charge in [0.15, 0.2) is 11.6 Å². The van der Waals surface area contributed by atoms with E-state index in [1.165, 1.54) is 24.3 Å². The molecular weight excluding hydrogens is 272 g/mol. The van der Waals surface area contributed by atoms with Crippen LogP contribution in [0.3, 0.4) is 0 Å². The molecule has 2 aromatic rings. The number of benzene rings is 2. The van der Waals surface area contributed by atoms with E-state index in [2.05, 4.69) is 0 Å². The fourth-order valence-corrected chi connectivity index (χ4v) is 2.83. The van der Waals surface area contributed by atoms with Crippen LogP contribution in [0.4, 0.5) is 8.78 Å². The molecule has 0 saturated heterocycles. The predicted molar refractivity (Wildman–Crippen MR) is 63.0 cm³/mol. The zero-order chi connectivity index (χ0) is 14.0. The van der Waals surface area contributed by atoms with Crippen molar-refractivity contribution in [3.8, 4) is 6.07 Å². The summed E-state index contributed by atoms with van der Waals surface area (Å²) in [6.07, 6.45) is 0. The molecule has 0 spiro atoms. The summed E-state index contributed by atoms with van der Waals surface area (Å²) < 4.78 is 50.2. The Kier molecular flexibility index (Phi) is 3.32. The molecule has 96 valence electrons. The molecule has 2 aromatic carbocycles. The van der Waals surface area contributed by atoms with Crippen molar-refractivity contribution in [2.24, 2.45) is 0 Å². The van der Waals surface area contributed by atoms with Crippen molar-refractivity contribution in [3.05, 3.63) is 59.7 Å². The fourth-order valence-electron chi connectivity index (χ4n) is 1.51. The highest BCUT2D eigenvalue weighted by Crippen LogP contribution is 2.23. The molecule has 0 amide bonds. The van der Waals surface area contributed by atoms with Gasteiger partial charge in [0.05, 0.1) is 21.4 Å². The highest BCUT2D eigenvalue weighted by atomic mass is 32.2. The van der Waals surface area contributed by atoms with Crippen molar-refractivity contribution in [1.82, 2.24) is 0 Å². The molecule has 3 nitrogen and oxygen atoms in total. The minimum atomic E-state index is -3.97. The van der Waals surface area contributed by atoms with Gasteiger partial charge in [0.1, 0.15) is 0 Å². The Hall–Kier alpha value is -2.26. The number of nitrogens with zero attached hydrogens (tertiary/aromatic N) is 1. The lowest BCUT2D eigenvalue weighted by Gasteiger charge is -2.05. The minimum absolute atomic E-state index is 0.141. The first-order valence-electron chi connectivity index (χ1n) is 5.15. The molecule has 0 aliphatic carbocycles. The van der Waals surface area contributed by atoms with Crippen LogP contribution in [-0.2, 0) is 9.84 Å². The highest BCUT2D eigenvalue weighted by molar-refractivity contribution is 7.91. The molecule has 0 bridgehead atoms. The third-order valence-electron chi connectivity index (χ3n) is 2.47. The molecule has 0 radical (unpaired) electrons. The normalized spacial score (nSPS) is 11.0. The van der Waals surface area contributed by atoms with Gasteiger partial charge in [-0.05, 0) is 36.4 Å². The number of sulfone groups is 1. The van der Waals surface area contributed by atoms with E-state index in [1.54, 1.807) is 0 Å². The minimum Gasteiger partial charge on any atom is -0.219 e.